The van der Waals surface area contributed by atoms with Crippen molar-refractivity contribution in [2.24, 2.45) is 0 Å². The number of hydrogen-bond donors (Lipinski definition) is 1. The fraction of sp³-hybridized carbons (Fsp3) is 0.545. The van der Waals surface area contributed by atoms with Gasteiger partial charge in [0.2, 0.25) is 5.91 Å². The normalized spacial score (nSPS) is 15.9. The fourth-order valence-corrected chi connectivity index (χ4v) is 3.04. The second-order valence-corrected chi connectivity index (χ2v) is 8.29. The van der Waals surface area contributed by atoms with Gasteiger partial charge in [-0.25, -0.2) is 9.18 Å². The van der Waals surface area contributed by atoms with Crippen molar-refractivity contribution >= 4 is 17.6 Å². The van der Waals surface area contributed by atoms with Crippen LogP contribution in [0.3, 0.4) is 0 Å². The molecule has 2 rings (SSSR count). The first-order valence-electron chi connectivity index (χ1n) is 10.1. The number of piperazine rings is 1. The van der Waals surface area contributed by atoms with Gasteiger partial charge in [0.25, 0.3) is 0 Å². The minimum absolute atomic E-state index is 0.151. The Kier molecular flexibility index (Phi) is 8.20. The van der Waals surface area contributed by atoms with Gasteiger partial charge in [0, 0.05) is 38.8 Å². The lowest BCUT2D eigenvalue weighted by Crippen LogP contribution is -2.50. The van der Waals surface area contributed by atoms with Crippen LogP contribution < -0.4 is 5.32 Å². The number of benzene rings is 1. The van der Waals surface area contributed by atoms with E-state index in [-0.39, 0.29) is 17.8 Å². The second-order valence-electron chi connectivity index (χ2n) is 8.29. The third-order valence-electron chi connectivity index (χ3n) is 4.62. The number of carbonyl (C=O) groups excluding carboxylic acids is 2. The summed E-state index contributed by atoms with van der Waals surface area (Å²) in [6.45, 7) is 11.8. The van der Waals surface area contributed by atoms with Gasteiger partial charge in [0.15, 0.2) is 0 Å². The summed E-state index contributed by atoms with van der Waals surface area (Å²) in [4.78, 5) is 28.1. The Morgan fingerprint density at radius 1 is 1.14 bits per heavy atom. The summed E-state index contributed by atoms with van der Waals surface area (Å²) in [5.74, 6) is -0.445. The molecule has 0 unspecified atom stereocenters. The molecule has 1 fully saturated rings. The van der Waals surface area contributed by atoms with Crippen molar-refractivity contribution in [3.8, 4) is 0 Å². The molecule has 2 amide bonds. The molecule has 0 bridgehead atoms. The molecule has 0 atom stereocenters. The Morgan fingerprint density at radius 2 is 1.76 bits per heavy atom. The van der Waals surface area contributed by atoms with E-state index in [0.717, 1.165) is 37.2 Å². The smallest absolute Gasteiger partial charge is 0.410 e. The first-order chi connectivity index (χ1) is 13.6. The summed E-state index contributed by atoms with van der Waals surface area (Å²) in [6.07, 6.45) is 2.11. The highest BCUT2D eigenvalue weighted by molar-refractivity contribution is 5.94. The molecule has 0 aromatic heterocycles. The van der Waals surface area contributed by atoms with Crippen LogP contribution in [0.15, 0.2) is 30.3 Å². The molecule has 7 heteroatoms. The van der Waals surface area contributed by atoms with Gasteiger partial charge in [-0.15, -0.1) is 0 Å². The molecule has 0 spiro atoms. The summed E-state index contributed by atoms with van der Waals surface area (Å²) in [5.41, 5.74) is 1.14. The number of amides is 2. The lowest BCUT2D eigenvalue weighted by atomic mass is 10.1. The van der Waals surface area contributed by atoms with E-state index in [0.29, 0.717) is 19.6 Å². The lowest BCUT2D eigenvalue weighted by Gasteiger charge is -2.35. The summed E-state index contributed by atoms with van der Waals surface area (Å²) >= 11 is 0. The van der Waals surface area contributed by atoms with E-state index in [4.69, 9.17) is 4.74 Å². The molecule has 1 saturated heterocycles. The van der Waals surface area contributed by atoms with Crippen LogP contribution in [0, 0.1) is 5.82 Å². The highest BCUT2D eigenvalue weighted by atomic mass is 19.1. The number of halogens is 1. The van der Waals surface area contributed by atoms with Gasteiger partial charge in [0.05, 0.1) is 0 Å². The topological polar surface area (TPSA) is 61.9 Å². The van der Waals surface area contributed by atoms with Gasteiger partial charge in [-0.2, -0.15) is 0 Å². The van der Waals surface area contributed by atoms with E-state index < -0.39 is 5.60 Å². The average molecular weight is 406 g/mol. The second kappa shape index (κ2) is 10.4. The molecule has 29 heavy (non-hydrogen) atoms. The van der Waals surface area contributed by atoms with Crippen molar-refractivity contribution in [3.05, 3.63) is 41.7 Å². The van der Waals surface area contributed by atoms with E-state index in [1.165, 1.54) is 18.2 Å². The van der Waals surface area contributed by atoms with Crippen LogP contribution in [-0.2, 0) is 9.53 Å². The third kappa shape index (κ3) is 8.23. The summed E-state index contributed by atoms with van der Waals surface area (Å²) in [5, 5.41) is 2.89. The Labute approximate surface area is 172 Å². The third-order valence-corrected chi connectivity index (χ3v) is 4.62. The molecule has 1 aromatic carbocycles. The Morgan fingerprint density at radius 3 is 2.34 bits per heavy atom. The van der Waals surface area contributed by atoms with Gasteiger partial charge in [-0.05, 0) is 63.9 Å². The largest absolute Gasteiger partial charge is 0.444 e. The van der Waals surface area contributed by atoms with Gasteiger partial charge in [0.1, 0.15) is 11.4 Å². The van der Waals surface area contributed by atoms with Crippen molar-refractivity contribution in [3.63, 3.8) is 0 Å². The highest BCUT2D eigenvalue weighted by Gasteiger charge is 2.25. The Bertz CT molecular complexity index is 718. The number of hydrogen-bond acceptors (Lipinski definition) is 4. The predicted octanol–water partition coefficient (Wildman–Crippen LogP) is 3.29. The molecule has 6 nitrogen and oxygen atoms in total. The fourth-order valence-electron chi connectivity index (χ4n) is 3.04. The number of carbonyl (C=O) groups is 2. The van der Waals surface area contributed by atoms with Gasteiger partial charge in [-0.1, -0.05) is 12.1 Å². The number of nitrogens with one attached hydrogen (secondary N) is 1. The highest BCUT2D eigenvalue weighted by Crippen LogP contribution is 2.14. The van der Waals surface area contributed by atoms with Crippen LogP contribution in [0.4, 0.5) is 9.18 Å². The average Bonchev–Trinajstić information content (AvgIpc) is 2.65. The van der Waals surface area contributed by atoms with E-state index in [2.05, 4.69) is 10.2 Å². The van der Waals surface area contributed by atoms with Crippen LogP contribution in [0.1, 0.15) is 39.7 Å². The molecule has 0 radical (unpaired) electrons. The maximum atomic E-state index is 13.0. The Balaban J connectivity index is 1.64. The van der Waals surface area contributed by atoms with E-state index >= 15 is 0 Å². The van der Waals surface area contributed by atoms with Crippen LogP contribution in [0.25, 0.3) is 5.57 Å². The first kappa shape index (κ1) is 22.9. The molecule has 1 N–H and O–H groups in total. The zero-order valence-corrected chi connectivity index (χ0v) is 17.8. The number of allylic oxidation sites excluding steroid dienone is 1. The van der Waals surface area contributed by atoms with Crippen molar-refractivity contribution in [2.75, 3.05) is 39.3 Å². The molecular formula is C22H32FN3O3. The van der Waals surface area contributed by atoms with Crippen LogP contribution in [0.5, 0.6) is 0 Å². The van der Waals surface area contributed by atoms with Crippen molar-refractivity contribution in [1.29, 1.82) is 0 Å². The van der Waals surface area contributed by atoms with E-state index in [1.807, 2.05) is 27.7 Å². The molecule has 1 aromatic rings. The first-order valence-corrected chi connectivity index (χ1v) is 10.1. The minimum atomic E-state index is -0.476. The van der Waals surface area contributed by atoms with E-state index in [1.54, 1.807) is 17.0 Å². The maximum Gasteiger partial charge on any atom is 0.410 e. The summed E-state index contributed by atoms with van der Waals surface area (Å²) in [6, 6.07) is 6.08. The Hall–Kier alpha value is -2.41. The number of ether oxygens (including phenoxy) is 1. The zero-order chi connectivity index (χ0) is 21.4. The number of rotatable bonds is 6. The summed E-state index contributed by atoms with van der Waals surface area (Å²) < 4.78 is 18.4. The van der Waals surface area contributed by atoms with Gasteiger partial charge in [-0.3, -0.25) is 9.69 Å². The van der Waals surface area contributed by atoms with Crippen LogP contribution in [-0.4, -0.2) is 66.7 Å². The van der Waals surface area contributed by atoms with Gasteiger partial charge < -0.3 is 15.0 Å². The monoisotopic (exact) mass is 405 g/mol. The molecule has 0 aliphatic carbocycles. The molecule has 1 aliphatic heterocycles. The van der Waals surface area contributed by atoms with Crippen LogP contribution in [0.2, 0.25) is 0 Å². The SMILES string of the molecule is C/C(=C\C(=O)NCCCN1CCN(C(=O)OC(C)(C)C)CC1)c1ccc(F)cc1. The van der Waals surface area contributed by atoms with E-state index in [9.17, 15) is 14.0 Å². The minimum Gasteiger partial charge on any atom is -0.444 e. The summed E-state index contributed by atoms with van der Waals surface area (Å²) in [7, 11) is 0. The molecule has 1 heterocycles. The predicted molar refractivity (Wildman–Crippen MR) is 112 cm³/mol. The van der Waals surface area contributed by atoms with Crippen molar-refractivity contribution in [1.82, 2.24) is 15.1 Å². The molecule has 0 saturated carbocycles. The van der Waals surface area contributed by atoms with Crippen molar-refractivity contribution < 1.29 is 18.7 Å². The zero-order valence-electron chi connectivity index (χ0n) is 17.8. The maximum absolute atomic E-state index is 13.0. The number of nitrogens with zero attached hydrogens (tertiary/aromatic N) is 2. The molecular weight excluding hydrogens is 373 g/mol. The lowest BCUT2D eigenvalue weighted by molar-refractivity contribution is -0.116. The van der Waals surface area contributed by atoms with Crippen molar-refractivity contribution in [2.45, 2.75) is 39.7 Å². The molecule has 1 aliphatic rings. The molecule has 160 valence electrons. The van der Waals surface area contributed by atoms with Crippen LogP contribution >= 0.6 is 0 Å². The van der Waals surface area contributed by atoms with Gasteiger partial charge >= 0.3 is 6.09 Å². The standard InChI is InChI=1S/C22H32FN3O3/c1-17(18-6-8-19(23)9-7-18)16-20(27)24-10-5-11-25-12-14-26(15-13-25)21(28)29-22(2,3)4/h6-9,16H,5,10-15H2,1-4H3,(H,24,27)/b17-16+. The quantitative estimate of drug-likeness (QED) is 0.583.